The lowest BCUT2D eigenvalue weighted by Crippen LogP contribution is -2.38. The van der Waals surface area contributed by atoms with Gasteiger partial charge in [0, 0.05) is 17.5 Å². The van der Waals surface area contributed by atoms with Gasteiger partial charge in [-0.1, -0.05) is 25.9 Å². The van der Waals surface area contributed by atoms with Crippen LogP contribution in [0.25, 0.3) is 0 Å². The Morgan fingerprint density at radius 2 is 2.35 bits per heavy atom. The van der Waals surface area contributed by atoms with E-state index in [0.29, 0.717) is 5.88 Å². The Hall–Kier alpha value is -1.40. The Kier molecular flexibility index (Phi) is 4.45. The summed E-state index contributed by atoms with van der Waals surface area (Å²) in [5.74, 6) is 0.238. The zero-order valence-corrected chi connectivity index (χ0v) is 12.3. The summed E-state index contributed by atoms with van der Waals surface area (Å²) in [6.45, 7) is 7.33. The SMILES string of the molecule is CC(C)(C)c1cc(NC(=O)CN2CCC[C@@H]2CO)on1. The molecule has 0 radical (unpaired) electrons. The molecule has 2 heterocycles. The average Bonchev–Trinajstić information content (AvgIpc) is 2.97. The summed E-state index contributed by atoms with van der Waals surface area (Å²) in [5, 5.41) is 15.9. The van der Waals surface area contributed by atoms with Crippen LogP contribution in [0.15, 0.2) is 10.6 Å². The quantitative estimate of drug-likeness (QED) is 0.871. The van der Waals surface area contributed by atoms with Gasteiger partial charge in [-0.3, -0.25) is 15.0 Å². The lowest BCUT2D eigenvalue weighted by Gasteiger charge is -2.21. The molecule has 0 aliphatic carbocycles. The van der Waals surface area contributed by atoms with Crippen LogP contribution in [0.4, 0.5) is 5.88 Å². The minimum atomic E-state index is -0.137. The van der Waals surface area contributed by atoms with Crippen molar-refractivity contribution >= 4 is 11.8 Å². The molecular weight excluding hydrogens is 258 g/mol. The second-order valence-electron chi connectivity index (χ2n) is 6.32. The molecule has 1 aliphatic rings. The first-order chi connectivity index (χ1) is 9.40. The fraction of sp³-hybridized carbons (Fsp3) is 0.714. The van der Waals surface area contributed by atoms with Crippen molar-refractivity contribution in [2.75, 3.05) is 25.0 Å². The van der Waals surface area contributed by atoms with Gasteiger partial charge in [-0.25, -0.2) is 0 Å². The normalized spacial score (nSPS) is 20.3. The van der Waals surface area contributed by atoms with Crippen molar-refractivity contribution in [3.05, 3.63) is 11.8 Å². The van der Waals surface area contributed by atoms with Crippen molar-refractivity contribution < 1.29 is 14.4 Å². The Bertz CT molecular complexity index is 464. The van der Waals surface area contributed by atoms with Crippen molar-refractivity contribution in [3.63, 3.8) is 0 Å². The van der Waals surface area contributed by atoms with Gasteiger partial charge in [0.05, 0.1) is 18.8 Å². The number of hydrogen-bond donors (Lipinski definition) is 2. The van der Waals surface area contributed by atoms with E-state index < -0.39 is 0 Å². The molecule has 2 rings (SSSR count). The third kappa shape index (κ3) is 3.58. The number of aromatic nitrogens is 1. The van der Waals surface area contributed by atoms with E-state index in [1.54, 1.807) is 6.07 Å². The molecule has 1 aromatic rings. The van der Waals surface area contributed by atoms with Crippen LogP contribution in [-0.2, 0) is 10.2 Å². The molecule has 6 nitrogen and oxygen atoms in total. The summed E-state index contributed by atoms with van der Waals surface area (Å²) in [6.07, 6.45) is 1.97. The molecule has 0 bridgehead atoms. The molecule has 6 heteroatoms. The minimum absolute atomic E-state index is 0.0978. The number of rotatable bonds is 4. The van der Waals surface area contributed by atoms with E-state index in [4.69, 9.17) is 4.52 Å². The zero-order valence-electron chi connectivity index (χ0n) is 12.3. The van der Waals surface area contributed by atoms with Crippen LogP contribution in [0.3, 0.4) is 0 Å². The number of carbonyl (C=O) groups excluding carboxylic acids is 1. The van der Waals surface area contributed by atoms with Gasteiger partial charge in [-0.2, -0.15) is 0 Å². The molecule has 1 atom stereocenters. The van der Waals surface area contributed by atoms with Crippen LogP contribution in [0.1, 0.15) is 39.3 Å². The van der Waals surface area contributed by atoms with Crippen LogP contribution in [0.2, 0.25) is 0 Å². The maximum absolute atomic E-state index is 12.0. The number of nitrogens with zero attached hydrogens (tertiary/aromatic N) is 2. The fourth-order valence-electron chi connectivity index (χ4n) is 2.36. The van der Waals surface area contributed by atoms with Crippen LogP contribution in [-0.4, -0.2) is 46.8 Å². The molecule has 1 amide bonds. The fourth-order valence-corrected chi connectivity index (χ4v) is 2.36. The van der Waals surface area contributed by atoms with E-state index in [0.717, 1.165) is 25.1 Å². The van der Waals surface area contributed by atoms with E-state index in [2.05, 4.69) is 10.5 Å². The van der Waals surface area contributed by atoms with Gasteiger partial charge in [0.1, 0.15) is 0 Å². The maximum atomic E-state index is 12.0. The van der Waals surface area contributed by atoms with Gasteiger partial charge in [0.2, 0.25) is 11.8 Å². The molecule has 1 fully saturated rings. The summed E-state index contributed by atoms with van der Waals surface area (Å²) in [5.41, 5.74) is 0.700. The van der Waals surface area contributed by atoms with Gasteiger partial charge in [0.15, 0.2) is 0 Å². The van der Waals surface area contributed by atoms with Crippen molar-refractivity contribution in [2.45, 2.75) is 45.1 Å². The first-order valence-corrected chi connectivity index (χ1v) is 7.02. The molecule has 1 aliphatic heterocycles. The summed E-state index contributed by atoms with van der Waals surface area (Å²) < 4.78 is 5.13. The van der Waals surface area contributed by atoms with E-state index in [9.17, 15) is 9.90 Å². The van der Waals surface area contributed by atoms with E-state index in [-0.39, 0.29) is 30.5 Å². The Balaban J connectivity index is 1.90. The number of aliphatic hydroxyl groups excluding tert-OH is 1. The van der Waals surface area contributed by atoms with Crippen molar-refractivity contribution in [3.8, 4) is 0 Å². The molecular formula is C14H23N3O3. The van der Waals surface area contributed by atoms with Gasteiger partial charge in [-0.15, -0.1) is 0 Å². The number of aliphatic hydroxyl groups is 1. The molecule has 0 aromatic carbocycles. The van der Waals surface area contributed by atoms with E-state index >= 15 is 0 Å². The second-order valence-corrected chi connectivity index (χ2v) is 6.32. The molecule has 2 N–H and O–H groups in total. The Morgan fingerprint density at radius 1 is 1.60 bits per heavy atom. The number of likely N-dealkylation sites (tertiary alicyclic amines) is 1. The lowest BCUT2D eigenvalue weighted by molar-refractivity contribution is -0.117. The summed E-state index contributed by atoms with van der Waals surface area (Å²) in [4.78, 5) is 14.0. The number of amides is 1. The van der Waals surface area contributed by atoms with Gasteiger partial charge < -0.3 is 9.63 Å². The highest BCUT2D eigenvalue weighted by molar-refractivity contribution is 5.91. The third-order valence-corrected chi connectivity index (χ3v) is 3.60. The van der Waals surface area contributed by atoms with Crippen molar-refractivity contribution in [1.29, 1.82) is 0 Å². The lowest BCUT2D eigenvalue weighted by atomic mass is 9.92. The van der Waals surface area contributed by atoms with Crippen molar-refractivity contribution in [1.82, 2.24) is 10.1 Å². The smallest absolute Gasteiger partial charge is 0.240 e. The first kappa shape index (κ1) is 15.0. The summed E-state index contributed by atoms with van der Waals surface area (Å²) in [7, 11) is 0. The summed E-state index contributed by atoms with van der Waals surface area (Å²) >= 11 is 0. The monoisotopic (exact) mass is 281 g/mol. The van der Waals surface area contributed by atoms with Gasteiger partial charge >= 0.3 is 0 Å². The third-order valence-electron chi connectivity index (χ3n) is 3.60. The predicted molar refractivity (Wildman–Crippen MR) is 75.5 cm³/mol. The van der Waals surface area contributed by atoms with Gasteiger partial charge in [-0.05, 0) is 19.4 Å². The molecule has 1 aromatic heterocycles. The molecule has 0 spiro atoms. The second kappa shape index (κ2) is 5.93. The summed E-state index contributed by atoms with van der Waals surface area (Å²) in [6, 6.07) is 1.85. The highest BCUT2D eigenvalue weighted by Gasteiger charge is 2.26. The highest BCUT2D eigenvalue weighted by Crippen LogP contribution is 2.23. The number of anilines is 1. The molecule has 1 saturated heterocycles. The molecule has 0 saturated carbocycles. The minimum Gasteiger partial charge on any atom is -0.395 e. The molecule has 20 heavy (non-hydrogen) atoms. The molecule has 0 unspecified atom stereocenters. The van der Waals surface area contributed by atoms with Crippen LogP contribution in [0.5, 0.6) is 0 Å². The van der Waals surface area contributed by atoms with E-state index in [1.165, 1.54) is 0 Å². The number of carbonyl (C=O) groups is 1. The largest absolute Gasteiger partial charge is 0.395 e. The van der Waals surface area contributed by atoms with E-state index in [1.807, 2.05) is 25.7 Å². The average molecular weight is 281 g/mol. The van der Waals surface area contributed by atoms with Crippen LogP contribution < -0.4 is 5.32 Å². The zero-order chi connectivity index (χ0) is 14.8. The Morgan fingerprint density at radius 3 is 2.95 bits per heavy atom. The predicted octanol–water partition coefficient (Wildman–Crippen LogP) is 1.37. The van der Waals surface area contributed by atoms with Crippen LogP contribution in [0, 0.1) is 0 Å². The topological polar surface area (TPSA) is 78.6 Å². The number of hydrogen-bond acceptors (Lipinski definition) is 5. The highest BCUT2D eigenvalue weighted by atomic mass is 16.5. The Labute approximate surface area is 119 Å². The van der Waals surface area contributed by atoms with Gasteiger partial charge in [0.25, 0.3) is 0 Å². The molecule has 112 valence electrons. The van der Waals surface area contributed by atoms with Crippen LogP contribution >= 0.6 is 0 Å². The maximum Gasteiger partial charge on any atom is 0.240 e. The van der Waals surface area contributed by atoms with Crippen molar-refractivity contribution in [2.24, 2.45) is 0 Å². The first-order valence-electron chi connectivity index (χ1n) is 7.02. The number of nitrogens with one attached hydrogen (secondary N) is 1. The standard InChI is InChI=1S/C14H23N3O3/c1-14(2,3)11-7-13(20-16-11)15-12(19)8-17-6-4-5-10(17)9-18/h7,10,18H,4-6,8-9H2,1-3H3,(H,15,19)/t10-/m1/s1.